The van der Waals surface area contributed by atoms with E-state index >= 15 is 0 Å². The number of hydrogen-bond donors (Lipinski definition) is 1. The second kappa shape index (κ2) is 5.64. The number of nitrogens with two attached hydrogens (primary N) is 1. The maximum Gasteiger partial charge on any atom is 0.331 e. The van der Waals surface area contributed by atoms with E-state index in [2.05, 4.69) is 0 Å². The number of anilines is 1. The molecule has 2 rings (SSSR count). The molecule has 1 aromatic carbocycles. The molecule has 2 aromatic rings. The molecule has 0 aliphatic carbocycles. The first-order valence-electron chi connectivity index (χ1n) is 6.30. The van der Waals surface area contributed by atoms with Crippen LogP contribution in [0.4, 0.5) is 5.69 Å². The van der Waals surface area contributed by atoms with Crippen LogP contribution >= 0.6 is 0 Å². The molecule has 0 radical (unpaired) electrons. The maximum absolute atomic E-state index is 12.0. The van der Waals surface area contributed by atoms with Gasteiger partial charge < -0.3 is 15.0 Å². The van der Waals surface area contributed by atoms with Crippen LogP contribution in [0.15, 0.2) is 40.1 Å². The van der Waals surface area contributed by atoms with Crippen LogP contribution in [-0.4, -0.2) is 15.7 Å². The van der Waals surface area contributed by atoms with E-state index in [9.17, 15) is 9.59 Å². The molecule has 0 aliphatic heterocycles. The number of rotatable bonds is 4. The Labute approximate surface area is 116 Å². The molecule has 1 heterocycles. The maximum atomic E-state index is 12.0. The van der Waals surface area contributed by atoms with Crippen LogP contribution in [0.3, 0.4) is 0 Å². The molecule has 0 spiro atoms. The van der Waals surface area contributed by atoms with Gasteiger partial charge in [-0.15, -0.1) is 0 Å². The Morgan fingerprint density at radius 1 is 1.25 bits per heavy atom. The van der Waals surface area contributed by atoms with E-state index in [1.54, 1.807) is 25.2 Å². The van der Waals surface area contributed by atoms with Crippen LogP contribution in [0.5, 0.6) is 5.75 Å². The molecular weight excluding hydrogens is 258 g/mol. The number of ether oxygens (including phenoxy) is 1. The Morgan fingerprint density at radius 2 is 2.00 bits per heavy atom. The predicted octanol–water partition coefficient (Wildman–Crippen LogP) is 0.576. The van der Waals surface area contributed by atoms with Gasteiger partial charge in [-0.05, 0) is 25.1 Å². The average Bonchev–Trinajstić information content (AvgIpc) is 2.42. The molecule has 0 saturated heterocycles. The van der Waals surface area contributed by atoms with Gasteiger partial charge in [-0.3, -0.25) is 9.36 Å². The topological polar surface area (TPSA) is 79.2 Å². The highest BCUT2D eigenvalue weighted by Crippen LogP contribution is 2.21. The number of nitrogens with zero attached hydrogens (tertiary/aromatic N) is 2. The van der Waals surface area contributed by atoms with E-state index < -0.39 is 0 Å². The molecule has 6 heteroatoms. The summed E-state index contributed by atoms with van der Waals surface area (Å²) in [6.07, 6.45) is 1.45. The first-order valence-corrected chi connectivity index (χ1v) is 6.30. The summed E-state index contributed by atoms with van der Waals surface area (Å²) in [6, 6.07) is 6.53. The minimum atomic E-state index is -0.373. The summed E-state index contributed by atoms with van der Waals surface area (Å²) in [7, 11) is 1.60. The van der Waals surface area contributed by atoms with Crippen molar-refractivity contribution in [2.24, 2.45) is 7.05 Å². The van der Waals surface area contributed by atoms with E-state index in [1.807, 2.05) is 6.92 Å². The van der Waals surface area contributed by atoms with Gasteiger partial charge in [0.05, 0.1) is 13.2 Å². The van der Waals surface area contributed by atoms with Gasteiger partial charge in [-0.25, -0.2) is 4.79 Å². The fourth-order valence-electron chi connectivity index (χ4n) is 1.95. The number of benzene rings is 1. The van der Waals surface area contributed by atoms with E-state index in [0.717, 1.165) is 4.57 Å². The van der Waals surface area contributed by atoms with Gasteiger partial charge in [-0.2, -0.15) is 0 Å². The quantitative estimate of drug-likeness (QED) is 0.828. The van der Waals surface area contributed by atoms with Gasteiger partial charge >= 0.3 is 5.69 Å². The van der Waals surface area contributed by atoms with Crippen molar-refractivity contribution in [1.82, 2.24) is 9.13 Å². The minimum absolute atomic E-state index is 0.132. The summed E-state index contributed by atoms with van der Waals surface area (Å²) in [5.74, 6) is 0.625. The van der Waals surface area contributed by atoms with Crippen LogP contribution in [0, 0.1) is 0 Å². The summed E-state index contributed by atoms with van der Waals surface area (Å²) < 4.78 is 8.00. The molecule has 6 nitrogen and oxygen atoms in total. The zero-order valence-electron chi connectivity index (χ0n) is 11.5. The minimum Gasteiger partial charge on any atom is -0.494 e. The monoisotopic (exact) mass is 275 g/mol. The molecule has 0 amide bonds. The highest BCUT2D eigenvalue weighted by Gasteiger charge is 2.09. The van der Waals surface area contributed by atoms with Crippen molar-refractivity contribution in [3.05, 3.63) is 56.9 Å². The van der Waals surface area contributed by atoms with E-state index in [1.165, 1.54) is 16.8 Å². The molecule has 0 saturated carbocycles. The second-order valence-corrected chi connectivity index (χ2v) is 4.43. The van der Waals surface area contributed by atoms with Crippen molar-refractivity contribution in [2.75, 3.05) is 12.3 Å². The van der Waals surface area contributed by atoms with Crippen LogP contribution in [0.25, 0.3) is 0 Å². The number of nitrogen functional groups attached to an aromatic ring is 1. The fraction of sp³-hybridized carbons (Fsp3) is 0.286. The van der Waals surface area contributed by atoms with Gasteiger partial charge in [0.1, 0.15) is 5.75 Å². The number of hydrogen-bond acceptors (Lipinski definition) is 4. The molecule has 2 N–H and O–H groups in total. The second-order valence-electron chi connectivity index (χ2n) is 4.43. The number of aromatic nitrogens is 2. The van der Waals surface area contributed by atoms with E-state index in [0.29, 0.717) is 23.6 Å². The standard InChI is InChI=1S/C14H17N3O3/c1-3-20-12-5-4-11(15)8-10(12)9-17-13(18)6-7-16(2)14(17)19/h4-8H,3,9,15H2,1-2H3. The molecule has 0 aliphatic rings. The van der Waals surface area contributed by atoms with Gasteiger partial charge in [0, 0.05) is 30.6 Å². The summed E-state index contributed by atoms with van der Waals surface area (Å²) >= 11 is 0. The lowest BCUT2D eigenvalue weighted by atomic mass is 10.1. The zero-order chi connectivity index (χ0) is 14.7. The molecule has 0 bridgehead atoms. The Bertz CT molecular complexity index is 731. The van der Waals surface area contributed by atoms with Gasteiger partial charge in [0.25, 0.3) is 5.56 Å². The lowest BCUT2D eigenvalue weighted by Gasteiger charge is -2.12. The van der Waals surface area contributed by atoms with Crippen molar-refractivity contribution >= 4 is 5.69 Å². The average molecular weight is 275 g/mol. The van der Waals surface area contributed by atoms with Gasteiger partial charge in [0.15, 0.2) is 0 Å². The molecule has 106 valence electrons. The van der Waals surface area contributed by atoms with Crippen LogP contribution in [-0.2, 0) is 13.6 Å². The van der Waals surface area contributed by atoms with Crippen molar-refractivity contribution in [3.8, 4) is 5.75 Å². The summed E-state index contributed by atoms with van der Waals surface area (Å²) in [5.41, 5.74) is 6.30. The third-order valence-electron chi connectivity index (χ3n) is 2.95. The van der Waals surface area contributed by atoms with E-state index in [-0.39, 0.29) is 17.8 Å². The molecule has 1 aromatic heterocycles. The van der Waals surface area contributed by atoms with Crippen molar-refractivity contribution in [3.63, 3.8) is 0 Å². The molecular formula is C14H17N3O3. The SMILES string of the molecule is CCOc1ccc(N)cc1Cn1c(=O)ccn(C)c1=O. The van der Waals surface area contributed by atoms with Crippen LogP contribution in [0.2, 0.25) is 0 Å². The van der Waals surface area contributed by atoms with E-state index in [4.69, 9.17) is 10.5 Å². The molecule has 0 atom stereocenters. The predicted molar refractivity (Wildman–Crippen MR) is 77.1 cm³/mol. The summed E-state index contributed by atoms with van der Waals surface area (Å²) in [5, 5.41) is 0. The van der Waals surface area contributed by atoms with Crippen molar-refractivity contribution in [1.29, 1.82) is 0 Å². The van der Waals surface area contributed by atoms with Gasteiger partial charge in [0.2, 0.25) is 0 Å². The molecule has 20 heavy (non-hydrogen) atoms. The smallest absolute Gasteiger partial charge is 0.331 e. The summed E-state index contributed by atoms with van der Waals surface area (Å²) in [4.78, 5) is 23.8. The highest BCUT2D eigenvalue weighted by atomic mass is 16.5. The lowest BCUT2D eigenvalue weighted by molar-refractivity contribution is 0.335. The third-order valence-corrected chi connectivity index (χ3v) is 2.95. The van der Waals surface area contributed by atoms with Gasteiger partial charge in [-0.1, -0.05) is 0 Å². The Balaban J connectivity index is 2.50. The van der Waals surface area contributed by atoms with Crippen LogP contribution < -0.4 is 21.7 Å². The third kappa shape index (κ3) is 2.74. The van der Waals surface area contributed by atoms with Crippen molar-refractivity contribution < 1.29 is 4.74 Å². The highest BCUT2D eigenvalue weighted by molar-refractivity contribution is 5.48. The largest absolute Gasteiger partial charge is 0.494 e. The molecule has 0 unspecified atom stereocenters. The molecule has 0 fully saturated rings. The summed E-state index contributed by atoms with van der Waals surface area (Å²) in [6.45, 7) is 2.50. The first-order chi connectivity index (χ1) is 9.52. The zero-order valence-corrected chi connectivity index (χ0v) is 11.5. The van der Waals surface area contributed by atoms with Crippen molar-refractivity contribution in [2.45, 2.75) is 13.5 Å². The van der Waals surface area contributed by atoms with Crippen LogP contribution in [0.1, 0.15) is 12.5 Å². The normalized spacial score (nSPS) is 10.5. The Hall–Kier alpha value is -2.50. The lowest BCUT2D eigenvalue weighted by Crippen LogP contribution is -2.38. The first kappa shape index (κ1) is 13.9. The number of aryl methyl sites for hydroxylation is 1. The Kier molecular flexibility index (Phi) is 3.93. The Morgan fingerprint density at radius 3 is 2.70 bits per heavy atom. The fourth-order valence-corrected chi connectivity index (χ4v) is 1.95.